The smallest absolute Gasteiger partial charge is 0.240 e. The van der Waals surface area contributed by atoms with E-state index in [0.29, 0.717) is 11.5 Å². The fraction of sp³-hybridized carbons (Fsp3) is 0.400. The maximum absolute atomic E-state index is 10.9. The molecule has 1 heterocycles. The molecule has 0 aliphatic carbocycles. The minimum Gasteiger partial charge on any atom is -0.398 e. The highest BCUT2D eigenvalue weighted by molar-refractivity contribution is 8.00. The van der Waals surface area contributed by atoms with E-state index in [9.17, 15) is 4.79 Å². The zero-order chi connectivity index (χ0) is 9.84. The molecular formula is C5H8N4O2S2. The second-order valence-electron chi connectivity index (χ2n) is 2.05. The van der Waals surface area contributed by atoms with Gasteiger partial charge in [-0.15, -0.1) is 0 Å². The molecule has 2 N–H and O–H groups in total. The summed E-state index contributed by atoms with van der Waals surface area (Å²) in [6.45, 7) is 0. The molecule has 0 spiro atoms. The summed E-state index contributed by atoms with van der Waals surface area (Å²) in [5.74, 6) is 5.83. The van der Waals surface area contributed by atoms with E-state index >= 15 is 0 Å². The Morgan fingerprint density at radius 1 is 1.92 bits per heavy atom. The molecule has 1 aliphatic rings. The first-order valence-electron chi connectivity index (χ1n) is 3.25. The van der Waals surface area contributed by atoms with Crippen molar-refractivity contribution in [2.45, 2.75) is 0 Å². The Kier molecular flexibility index (Phi) is 3.58. The second-order valence-corrected chi connectivity index (χ2v) is 3.38. The maximum atomic E-state index is 10.9. The Morgan fingerprint density at radius 2 is 2.62 bits per heavy atom. The number of hydrogen-bond acceptors (Lipinski definition) is 7. The standard InChI is InChI=1S/C5H8N4O2S2/c1-11-8-4(5(10)12)3-2-13-9(6)7-3/h2,6H2,1H3,(H,10,12). The molecule has 0 saturated heterocycles. The number of nitrogens with two attached hydrogens (primary N) is 1. The summed E-state index contributed by atoms with van der Waals surface area (Å²) in [7, 11) is 1.35. The Labute approximate surface area is 84.7 Å². The molecular weight excluding hydrogens is 212 g/mol. The van der Waals surface area contributed by atoms with Gasteiger partial charge < -0.3 is 4.84 Å². The summed E-state index contributed by atoms with van der Waals surface area (Å²) in [6, 6.07) is 0. The zero-order valence-corrected chi connectivity index (χ0v) is 8.51. The number of carbonyl (C=O) groups is 1. The number of rotatable bonds is 3. The molecule has 6 nitrogen and oxygen atoms in total. The first-order chi connectivity index (χ1) is 6.15. The highest BCUT2D eigenvalue weighted by Gasteiger charge is 2.22. The fourth-order valence-electron chi connectivity index (χ4n) is 0.726. The van der Waals surface area contributed by atoms with Crippen LogP contribution in [0.3, 0.4) is 0 Å². The van der Waals surface area contributed by atoms with Gasteiger partial charge in [0.05, 0.1) is 5.75 Å². The summed E-state index contributed by atoms with van der Waals surface area (Å²) in [4.78, 5) is 15.4. The highest BCUT2D eigenvalue weighted by atomic mass is 32.2. The van der Waals surface area contributed by atoms with Gasteiger partial charge in [0.25, 0.3) is 0 Å². The Bertz CT molecular complexity index is 278. The van der Waals surface area contributed by atoms with Crippen LogP contribution in [0.25, 0.3) is 0 Å². The molecule has 1 rings (SSSR count). The van der Waals surface area contributed by atoms with E-state index < -0.39 is 5.12 Å². The van der Waals surface area contributed by atoms with Gasteiger partial charge in [-0.05, 0) is 11.9 Å². The van der Waals surface area contributed by atoms with Crippen molar-refractivity contribution in [1.29, 1.82) is 0 Å². The van der Waals surface area contributed by atoms with Crippen molar-refractivity contribution in [3.8, 4) is 0 Å². The molecule has 0 amide bonds. The first kappa shape index (κ1) is 10.4. The van der Waals surface area contributed by atoms with Gasteiger partial charge in [-0.2, -0.15) is 9.62 Å². The van der Waals surface area contributed by atoms with Gasteiger partial charge in [-0.3, -0.25) is 4.79 Å². The average Bonchev–Trinajstić information content (AvgIpc) is 2.46. The first-order valence-corrected chi connectivity index (χ1v) is 4.64. The highest BCUT2D eigenvalue weighted by Crippen LogP contribution is 2.14. The topological polar surface area (TPSA) is 80.3 Å². The summed E-state index contributed by atoms with van der Waals surface area (Å²) in [6.07, 6.45) is 0. The van der Waals surface area contributed by atoms with Crippen LogP contribution >= 0.6 is 24.6 Å². The van der Waals surface area contributed by atoms with Crippen molar-refractivity contribution in [2.24, 2.45) is 16.1 Å². The zero-order valence-electron chi connectivity index (χ0n) is 6.80. The minimum atomic E-state index is -0.489. The molecule has 0 saturated carbocycles. The third kappa shape index (κ3) is 2.61. The Hall–Kier alpha value is -0.730. The number of oxime groups is 1. The molecule has 0 aromatic heterocycles. The maximum Gasteiger partial charge on any atom is 0.240 e. The number of hydrogen-bond donors (Lipinski definition) is 2. The van der Waals surface area contributed by atoms with Crippen LogP contribution in [0.4, 0.5) is 0 Å². The number of carbonyl (C=O) groups excluding carboxylic acids is 1. The van der Waals surface area contributed by atoms with Crippen molar-refractivity contribution in [3.63, 3.8) is 0 Å². The lowest BCUT2D eigenvalue weighted by Crippen LogP contribution is -2.21. The van der Waals surface area contributed by atoms with E-state index in [-0.39, 0.29) is 5.71 Å². The van der Waals surface area contributed by atoms with Crippen LogP contribution in [-0.2, 0) is 9.63 Å². The largest absolute Gasteiger partial charge is 0.398 e. The average molecular weight is 220 g/mol. The van der Waals surface area contributed by atoms with Crippen LogP contribution in [0.1, 0.15) is 0 Å². The van der Waals surface area contributed by atoms with E-state index in [2.05, 4.69) is 27.7 Å². The van der Waals surface area contributed by atoms with Crippen LogP contribution in [0.15, 0.2) is 10.3 Å². The monoisotopic (exact) mass is 220 g/mol. The molecule has 1 aliphatic heterocycles. The van der Waals surface area contributed by atoms with E-state index in [1.165, 1.54) is 19.1 Å². The van der Waals surface area contributed by atoms with Crippen LogP contribution < -0.4 is 5.84 Å². The van der Waals surface area contributed by atoms with Crippen molar-refractivity contribution >= 4 is 41.1 Å². The lowest BCUT2D eigenvalue weighted by atomic mass is 10.3. The number of hydrazine groups is 1. The van der Waals surface area contributed by atoms with Crippen molar-refractivity contribution in [3.05, 3.63) is 0 Å². The molecule has 0 aromatic carbocycles. The van der Waals surface area contributed by atoms with Gasteiger partial charge in [0.15, 0.2) is 5.71 Å². The SMILES string of the molecule is CON=C(C(=O)S)C1=NN(N)SC1. The predicted octanol–water partition coefficient (Wildman–Crippen LogP) is -0.361. The molecule has 13 heavy (non-hydrogen) atoms. The lowest BCUT2D eigenvalue weighted by molar-refractivity contribution is -0.105. The quantitative estimate of drug-likeness (QED) is 0.223. The number of thiol groups is 1. The molecule has 8 heteroatoms. The molecule has 72 valence electrons. The number of nitrogens with zero attached hydrogens (tertiary/aromatic N) is 3. The van der Waals surface area contributed by atoms with Gasteiger partial charge in [-0.25, -0.2) is 5.84 Å². The van der Waals surface area contributed by atoms with Crippen LogP contribution in [-0.4, -0.2) is 33.9 Å². The summed E-state index contributed by atoms with van der Waals surface area (Å²) in [5.41, 5.74) is 0.556. The van der Waals surface area contributed by atoms with E-state index in [1.807, 2.05) is 0 Å². The second kappa shape index (κ2) is 4.49. The molecule has 0 atom stereocenters. The fourth-order valence-corrected chi connectivity index (χ4v) is 1.50. The van der Waals surface area contributed by atoms with Gasteiger partial charge in [0.2, 0.25) is 5.12 Å². The summed E-state index contributed by atoms with van der Waals surface area (Å²) >= 11 is 4.89. The normalized spacial score (nSPS) is 17.3. The predicted molar refractivity (Wildman–Crippen MR) is 54.4 cm³/mol. The van der Waals surface area contributed by atoms with Crippen molar-refractivity contribution < 1.29 is 9.63 Å². The molecule has 0 radical (unpaired) electrons. The van der Waals surface area contributed by atoms with E-state index in [4.69, 9.17) is 5.84 Å². The summed E-state index contributed by atoms with van der Waals surface area (Å²) in [5, 5.41) is 6.85. The Balaban J connectivity index is 2.83. The van der Waals surface area contributed by atoms with Crippen molar-refractivity contribution in [1.82, 2.24) is 4.52 Å². The lowest BCUT2D eigenvalue weighted by Gasteiger charge is -1.98. The third-order valence-corrected chi connectivity index (χ3v) is 2.17. The van der Waals surface area contributed by atoms with E-state index in [0.717, 1.165) is 4.52 Å². The summed E-state index contributed by atoms with van der Waals surface area (Å²) < 4.78 is 1.16. The van der Waals surface area contributed by atoms with Crippen LogP contribution in [0, 0.1) is 0 Å². The van der Waals surface area contributed by atoms with E-state index in [1.54, 1.807) is 0 Å². The molecule has 0 aromatic rings. The molecule has 0 bridgehead atoms. The Morgan fingerprint density at radius 3 is 3.00 bits per heavy atom. The minimum absolute atomic E-state index is 0.0892. The van der Waals surface area contributed by atoms with Gasteiger partial charge in [-0.1, -0.05) is 17.8 Å². The molecule has 0 fully saturated rings. The third-order valence-electron chi connectivity index (χ3n) is 1.21. The molecule has 0 unspecified atom stereocenters. The van der Waals surface area contributed by atoms with Gasteiger partial charge >= 0.3 is 0 Å². The van der Waals surface area contributed by atoms with Gasteiger partial charge in [0, 0.05) is 0 Å². The van der Waals surface area contributed by atoms with Crippen LogP contribution in [0.5, 0.6) is 0 Å². The van der Waals surface area contributed by atoms with Crippen molar-refractivity contribution in [2.75, 3.05) is 12.9 Å². The van der Waals surface area contributed by atoms with Gasteiger partial charge in [0.1, 0.15) is 12.8 Å². The number of hydrazone groups is 1. The van der Waals surface area contributed by atoms with Crippen LogP contribution in [0.2, 0.25) is 0 Å².